The summed E-state index contributed by atoms with van der Waals surface area (Å²) >= 11 is 0. The van der Waals surface area contributed by atoms with Gasteiger partial charge in [-0.15, -0.1) is 0 Å². The summed E-state index contributed by atoms with van der Waals surface area (Å²) in [5.41, 5.74) is 0. The molecule has 0 radical (unpaired) electrons. The first-order valence-corrected chi connectivity index (χ1v) is 6.71. The molecule has 2 unspecified atom stereocenters. The summed E-state index contributed by atoms with van der Waals surface area (Å²) in [4.78, 5) is 0. The van der Waals surface area contributed by atoms with Crippen LogP contribution < -0.4 is 5.32 Å². The lowest BCUT2D eigenvalue weighted by Crippen LogP contribution is -2.37. The predicted octanol–water partition coefficient (Wildman–Crippen LogP) is 1.94. The molecule has 16 heavy (non-hydrogen) atoms. The fourth-order valence-corrected chi connectivity index (χ4v) is 2.40. The summed E-state index contributed by atoms with van der Waals surface area (Å²) in [5, 5.41) is 13.2. The number of rotatable bonds is 8. The van der Waals surface area contributed by atoms with Crippen LogP contribution in [0.1, 0.15) is 46.0 Å². The van der Waals surface area contributed by atoms with E-state index in [4.69, 9.17) is 4.74 Å². The van der Waals surface area contributed by atoms with Gasteiger partial charge in [0.1, 0.15) is 0 Å². The molecular formula is C13H27NO2. The van der Waals surface area contributed by atoms with Gasteiger partial charge in [0.2, 0.25) is 0 Å². The van der Waals surface area contributed by atoms with E-state index in [1.165, 1.54) is 25.7 Å². The second kappa shape index (κ2) is 8.04. The van der Waals surface area contributed by atoms with E-state index in [9.17, 15) is 5.11 Å². The third-order valence-corrected chi connectivity index (χ3v) is 3.35. The Hall–Kier alpha value is -0.120. The molecule has 1 aliphatic rings. The Bertz CT molecular complexity index is 169. The van der Waals surface area contributed by atoms with Gasteiger partial charge in [-0.3, -0.25) is 0 Å². The third kappa shape index (κ3) is 5.83. The molecule has 1 rings (SSSR count). The molecule has 0 saturated heterocycles. The predicted molar refractivity (Wildman–Crippen MR) is 66.5 cm³/mol. The zero-order chi connectivity index (χ0) is 11.8. The van der Waals surface area contributed by atoms with Crippen LogP contribution in [0.3, 0.4) is 0 Å². The largest absolute Gasteiger partial charge is 0.392 e. The molecule has 0 aliphatic heterocycles. The van der Waals surface area contributed by atoms with Crippen molar-refractivity contribution in [3.05, 3.63) is 0 Å². The van der Waals surface area contributed by atoms with Crippen molar-refractivity contribution in [3.8, 4) is 0 Å². The minimum atomic E-state index is -0.188. The highest BCUT2D eigenvalue weighted by Gasteiger charge is 2.18. The van der Waals surface area contributed by atoms with E-state index in [-0.39, 0.29) is 6.10 Å². The maximum atomic E-state index is 9.88. The van der Waals surface area contributed by atoms with Crippen LogP contribution >= 0.6 is 0 Å². The van der Waals surface area contributed by atoms with E-state index in [0.717, 1.165) is 25.6 Å². The first-order valence-electron chi connectivity index (χ1n) is 6.71. The van der Waals surface area contributed by atoms with Crippen molar-refractivity contribution in [3.63, 3.8) is 0 Å². The second-order valence-electron chi connectivity index (χ2n) is 5.01. The van der Waals surface area contributed by atoms with Gasteiger partial charge in [-0.05, 0) is 26.2 Å². The summed E-state index contributed by atoms with van der Waals surface area (Å²) in [6, 6.07) is 0.332. The van der Waals surface area contributed by atoms with Gasteiger partial charge in [0.05, 0.1) is 12.7 Å². The molecule has 1 aliphatic carbocycles. The fourth-order valence-electron chi connectivity index (χ4n) is 2.40. The highest BCUT2D eigenvalue weighted by molar-refractivity contribution is 4.73. The molecule has 96 valence electrons. The maximum Gasteiger partial charge on any atom is 0.0667 e. The molecule has 2 atom stereocenters. The molecular weight excluding hydrogens is 202 g/mol. The van der Waals surface area contributed by atoms with Gasteiger partial charge in [-0.25, -0.2) is 0 Å². The number of nitrogens with one attached hydrogen (secondary N) is 1. The molecule has 0 aromatic carbocycles. The van der Waals surface area contributed by atoms with Crippen molar-refractivity contribution >= 4 is 0 Å². The van der Waals surface area contributed by atoms with E-state index >= 15 is 0 Å². The average Bonchev–Trinajstić information content (AvgIpc) is 2.76. The molecule has 0 spiro atoms. The van der Waals surface area contributed by atoms with Gasteiger partial charge < -0.3 is 15.2 Å². The first-order chi connectivity index (χ1) is 7.72. The summed E-state index contributed by atoms with van der Waals surface area (Å²) in [6.07, 6.45) is 6.11. The number of hydrogen-bond acceptors (Lipinski definition) is 3. The highest BCUT2D eigenvalue weighted by atomic mass is 16.5. The average molecular weight is 229 g/mol. The van der Waals surface area contributed by atoms with Crippen LogP contribution in [0, 0.1) is 5.92 Å². The van der Waals surface area contributed by atoms with Gasteiger partial charge in [0.25, 0.3) is 0 Å². The van der Waals surface area contributed by atoms with Crippen LogP contribution in [-0.4, -0.2) is 37.0 Å². The monoisotopic (exact) mass is 229 g/mol. The number of hydrogen-bond donors (Lipinski definition) is 2. The molecule has 2 N–H and O–H groups in total. The summed E-state index contributed by atoms with van der Waals surface area (Å²) in [6.45, 7) is 6.29. The summed E-state index contributed by atoms with van der Waals surface area (Å²) in [5.74, 6) is 0.763. The molecule has 1 saturated carbocycles. The fraction of sp³-hybridized carbons (Fsp3) is 1.00. The zero-order valence-electron chi connectivity index (χ0n) is 10.7. The second-order valence-corrected chi connectivity index (χ2v) is 5.01. The lowest BCUT2D eigenvalue weighted by Gasteiger charge is -2.19. The highest BCUT2D eigenvalue weighted by Crippen LogP contribution is 2.28. The molecule has 3 nitrogen and oxygen atoms in total. The number of aliphatic hydroxyl groups excluding tert-OH is 1. The van der Waals surface area contributed by atoms with Crippen LogP contribution in [0.15, 0.2) is 0 Å². The summed E-state index contributed by atoms with van der Waals surface area (Å²) in [7, 11) is 0. The number of aliphatic hydroxyl groups is 1. The minimum absolute atomic E-state index is 0.188. The quantitative estimate of drug-likeness (QED) is 0.668. The summed E-state index contributed by atoms with van der Waals surface area (Å²) < 4.78 is 5.32. The van der Waals surface area contributed by atoms with Gasteiger partial charge in [-0.2, -0.15) is 0 Å². The van der Waals surface area contributed by atoms with Crippen molar-refractivity contribution in [1.82, 2.24) is 5.32 Å². The van der Waals surface area contributed by atoms with Crippen molar-refractivity contribution in [1.29, 1.82) is 0 Å². The molecule has 3 heteroatoms. The van der Waals surface area contributed by atoms with Gasteiger partial charge in [0, 0.05) is 19.2 Å². The molecule has 0 bridgehead atoms. The Morgan fingerprint density at radius 3 is 2.69 bits per heavy atom. The third-order valence-electron chi connectivity index (χ3n) is 3.35. The lowest BCUT2D eigenvalue weighted by atomic mass is 10.00. The molecule has 0 amide bonds. The van der Waals surface area contributed by atoms with Gasteiger partial charge in [-0.1, -0.05) is 25.7 Å². The van der Waals surface area contributed by atoms with Crippen molar-refractivity contribution in [2.45, 2.75) is 58.1 Å². The van der Waals surface area contributed by atoms with E-state index in [0.29, 0.717) is 12.6 Å². The Kier molecular flexibility index (Phi) is 7.01. The van der Waals surface area contributed by atoms with Crippen LogP contribution in [-0.2, 0) is 4.74 Å². The van der Waals surface area contributed by atoms with E-state index in [1.807, 2.05) is 6.92 Å². The molecule has 0 heterocycles. The Labute approximate surface area is 99.6 Å². The molecule has 0 aromatic heterocycles. The topological polar surface area (TPSA) is 41.5 Å². The van der Waals surface area contributed by atoms with Crippen molar-refractivity contribution in [2.75, 3.05) is 19.8 Å². The standard InChI is InChI=1S/C13H27NO2/c1-3-16-10-11(2)14-9-13(15)8-12-6-4-5-7-12/h11-15H,3-10H2,1-2H3. The minimum Gasteiger partial charge on any atom is -0.392 e. The molecule has 1 fully saturated rings. The van der Waals surface area contributed by atoms with Gasteiger partial charge >= 0.3 is 0 Å². The van der Waals surface area contributed by atoms with Crippen LogP contribution in [0.25, 0.3) is 0 Å². The van der Waals surface area contributed by atoms with E-state index in [1.54, 1.807) is 0 Å². The Morgan fingerprint density at radius 2 is 2.06 bits per heavy atom. The van der Waals surface area contributed by atoms with Crippen LogP contribution in [0.2, 0.25) is 0 Å². The zero-order valence-corrected chi connectivity index (χ0v) is 10.7. The maximum absolute atomic E-state index is 9.88. The Morgan fingerprint density at radius 1 is 1.38 bits per heavy atom. The van der Waals surface area contributed by atoms with Crippen LogP contribution in [0.5, 0.6) is 0 Å². The van der Waals surface area contributed by atoms with Crippen LogP contribution in [0.4, 0.5) is 0 Å². The Balaban J connectivity index is 2.02. The normalized spacial score (nSPS) is 21.2. The smallest absolute Gasteiger partial charge is 0.0667 e. The molecule has 0 aromatic rings. The van der Waals surface area contributed by atoms with E-state index in [2.05, 4.69) is 12.2 Å². The van der Waals surface area contributed by atoms with E-state index < -0.39 is 0 Å². The van der Waals surface area contributed by atoms with Gasteiger partial charge in [0.15, 0.2) is 0 Å². The first kappa shape index (κ1) is 13.9. The number of ether oxygens (including phenoxy) is 1. The lowest BCUT2D eigenvalue weighted by molar-refractivity contribution is 0.108. The van der Waals surface area contributed by atoms with Crippen molar-refractivity contribution in [2.24, 2.45) is 5.92 Å². The SMILES string of the molecule is CCOCC(C)NCC(O)CC1CCCC1. The van der Waals surface area contributed by atoms with Crippen molar-refractivity contribution < 1.29 is 9.84 Å².